The molecule has 0 N–H and O–H groups in total. The van der Waals surface area contributed by atoms with Crippen LogP contribution in [-0.4, -0.2) is 0 Å². The molecule has 1 aromatic carbocycles. The predicted octanol–water partition coefficient (Wildman–Crippen LogP) is 5.72. The van der Waals surface area contributed by atoms with Crippen LogP contribution in [0.4, 0.5) is 19.4 Å². The topological polar surface area (TPSA) is 0 Å². The normalized spacial score (nSPS) is 15.8. The van der Waals surface area contributed by atoms with Gasteiger partial charge in [0.2, 0.25) is 0 Å². The third kappa shape index (κ3) is 3.33. The molecule has 0 saturated heterocycles. The molecule has 0 aromatic heterocycles. The molecule has 0 aliphatic carbocycles. The Morgan fingerprint density at radius 1 is 1.06 bits per heavy atom. The molecule has 0 aliphatic rings. The third-order valence-corrected chi connectivity index (χ3v) is 3.29. The molecular weight excluding hydrogens is 259 g/mol. The van der Waals surface area contributed by atoms with Crippen molar-refractivity contribution >= 4 is 16.3 Å². The molecule has 96 valence electrons. The van der Waals surface area contributed by atoms with Crippen molar-refractivity contribution < 1.29 is 19.4 Å². The summed E-state index contributed by atoms with van der Waals surface area (Å²) in [4.78, 5) is -1.88. The van der Waals surface area contributed by atoms with E-state index in [4.69, 9.17) is 0 Å². The fourth-order valence-corrected chi connectivity index (χ4v) is 2.04. The van der Waals surface area contributed by atoms with Crippen LogP contribution in [-0.2, 0) is 6.42 Å². The molecule has 0 nitrogen and oxygen atoms in total. The zero-order valence-electron chi connectivity index (χ0n) is 8.81. The van der Waals surface area contributed by atoms with Crippen molar-refractivity contribution in [1.82, 2.24) is 0 Å². The van der Waals surface area contributed by atoms with Gasteiger partial charge in [-0.25, -0.2) is 0 Å². The van der Waals surface area contributed by atoms with Crippen LogP contribution < -0.4 is 0 Å². The summed E-state index contributed by atoms with van der Waals surface area (Å²) in [7, 11) is -9.60. The largest absolute Gasteiger partial charge is 0.310 e. The zero-order chi connectivity index (χ0) is 13.4. The molecule has 0 amide bonds. The van der Waals surface area contributed by atoms with Crippen LogP contribution in [0.2, 0.25) is 0 Å². The van der Waals surface area contributed by atoms with Crippen molar-refractivity contribution in [3.8, 4) is 0 Å². The molecular formula is C11H11F5S. The highest BCUT2D eigenvalue weighted by molar-refractivity contribution is 8.45. The van der Waals surface area contributed by atoms with Gasteiger partial charge in [0.05, 0.1) is 0 Å². The van der Waals surface area contributed by atoms with E-state index < -0.39 is 15.1 Å². The Morgan fingerprint density at radius 2 is 1.65 bits per heavy atom. The minimum Gasteiger partial charge on any atom is -0.103 e. The molecule has 1 aromatic rings. The van der Waals surface area contributed by atoms with Gasteiger partial charge in [-0.3, -0.25) is 0 Å². The molecule has 0 heterocycles. The first kappa shape index (κ1) is 13.8. The number of allylic oxidation sites excluding steroid dienone is 1. The maximum Gasteiger partial charge on any atom is 0.310 e. The monoisotopic (exact) mass is 270 g/mol. The Labute approximate surface area is 96.2 Å². The quantitative estimate of drug-likeness (QED) is 0.485. The second-order valence-corrected chi connectivity index (χ2v) is 5.94. The Hall–Kier alpha value is -1.30. The van der Waals surface area contributed by atoms with Crippen molar-refractivity contribution in [2.75, 3.05) is 0 Å². The number of halogens is 5. The first-order valence-corrected chi connectivity index (χ1v) is 6.53. The van der Waals surface area contributed by atoms with Crippen LogP contribution in [0.25, 0.3) is 6.08 Å². The molecule has 0 aliphatic heterocycles. The fraction of sp³-hybridized carbons (Fsp3) is 0.0909. The first-order chi connectivity index (χ1) is 7.47. The molecule has 6 heteroatoms. The maximum atomic E-state index is 12.6. The summed E-state index contributed by atoms with van der Waals surface area (Å²) in [6, 6.07) is 1.82. The number of hydrogen-bond acceptors (Lipinski definition) is 0. The Balaban J connectivity index is 3.47. The summed E-state index contributed by atoms with van der Waals surface area (Å²) in [6.07, 6.45) is 2.73. The summed E-state index contributed by atoms with van der Waals surface area (Å²) in [6.45, 7) is 6.77. The second-order valence-electron chi connectivity index (χ2n) is 3.53. The van der Waals surface area contributed by atoms with Gasteiger partial charge in [0, 0.05) is 0 Å². The summed E-state index contributed by atoms with van der Waals surface area (Å²) >= 11 is 0. The standard InChI is InChI=1S/C11H11F5S/c1-3-5-10-8-11(7-6-9(10)4-2)17(12,13,14,15)16/h3-4,6-8H,1-2,5H2. The van der Waals surface area contributed by atoms with E-state index in [0.717, 1.165) is 6.07 Å². The summed E-state index contributed by atoms with van der Waals surface area (Å²) in [5, 5.41) is 0. The lowest BCUT2D eigenvalue weighted by Gasteiger charge is -2.40. The van der Waals surface area contributed by atoms with Crippen molar-refractivity contribution in [1.29, 1.82) is 0 Å². The van der Waals surface area contributed by atoms with Crippen molar-refractivity contribution in [3.05, 3.63) is 48.6 Å². The minimum absolute atomic E-state index is 0.0725. The van der Waals surface area contributed by atoms with E-state index >= 15 is 0 Å². The lowest BCUT2D eigenvalue weighted by molar-refractivity contribution is 0.364. The van der Waals surface area contributed by atoms with E-state index in [1.165, 1.54) is 12.2 Å². The van der Waals surface area contributed by atoms with E-state index in [0.29, 0.717) is 17.7 Å². The summed E-state index contributed by atoms with van der Waals surface area (Å²) in [5.74, 6) is 0. The number of rotatable bonds is 4. The van der Waals surface area contributed by atoms with Gasteiger partial charge in [-0.2, -0.15) is 0 Å². The molecule has 0 spiro atoms. The van der Waals surface area contributed by atoms with Crippen LogP contribution in [0.3, 0.4) is 0 Å². The zero-order valence-corrected chi connectivity index (χ0v) is 9.62. The average molecular weight is 270 g/mol. The lowest BCUT2D eigenvalue weighted by atomic mass is 10.0. The molecule has 17 heavy (non-hydrogen) atoms. The molecule has 0 atom stereocenters. The van der Waals surface area contributed by atoms with Gasteiger partial charge in [-0.1, -0.05) is 44.2 Å². The van der Waals surface area contributed by atoms with Gasteiger partial charge in [0.1, 0.15) is 4.90 Å². The highest BCUT2D eigenvalue weighted by Gasteiger charge is 2.65. The minimum atomic E-state index is -9.60. The van der Waals surface area contributed by atoms with Gasteiger partial charge in [0.15, 0.2) is 0 Å². The summed E-state index contributed by atoms with van der Waals surface area (Å²) < 4.78 is 62.8. The van der Waals surface area contributed by atoms with E-state index in [1.807, 2.05) is 0 Å². The van der Waals surface area contributed by atoms with Crippen LogP contribution in [0, 0.1) is 0 Å². The Kier molecular flexibility index (Phi) is 2.71. The first-order valence-electron chi connectivity index (χ1n) is 4.58. The molecule has 0 radical (unpaired) electrons. The van der Waals surface area contributed by atoms with Crippen molar-refractivity contribution in [2.24, 2.45) is 0 Å². The Morgan fingerprint density at radius 3 is 2.06 bits per heavy atom. The van der Waals surface area contributed by atoms with Crippen LogP contribution in [0.15, 0.2) is 42.3 Å². The average Bonchev–Trinajstić information content (AvgIpc) is 2.14. The van der Waals surface area contributed by atoms with Gasteiger partial charge >= 0.3 is 10.2 Å². The highest BCUT2D eigenvalue weighted by Crippen LogP contribution is 3.02. The predicted molar refractivity (Wildman–Crippen MR) is 61.8 cm³/mol. The van der Waals surface area contributed by atoms with Crippen molar-refractivity contribution in [3.63, 3.8) is 0 Å². The van der Waals surface area contributed by atoms with Gasteiger partial charge in [-0.05, 0) is 29.7 Å². The highest BCUT2D eigenvalue weighted by atomic mass is 32.5. The lowest BCUT2D eigenvalue weighted by Crippen LogP contribution is -2.07. The van der Waals surface area contributed by atoms with Crippen LogP contribution >= 0.6 is 10.2 Å². The van der Waals surface area contributed by atoms with Crippen LogP contribution in [0.5, 0.6) is 0 Å². The molecule has 0 bridgehead atoms. The number of hydrogen-bond donors (Lipinski definition) is 0. The van der Waals surface area contributed by atoms with Gasteiger partial charge < -0.3 is 0 Å². The molecule has 1 rings (SSSR count). The Bertz CT molecular complexity index is 472. The van der Waals surface area contributed by atoms with Gasteiger partial charge in [0.25, 0.3) is 0 Å². The van der Waals surface area contributed by atoms with E-state index in [9.17, 15) is 19.4 Å². The van der Waals surface area contributed by atoms with Crippen molar-refractivity contribution in [2.45, 2.75) is 11.3 Å². The second kappa shape index (κ2) is 3.35. The van der Waals surface area contributed by atoms with Crippen LogP contribution in [0.1, 0.15) is 11.1 Å². The molecule has 0 fully saturated rings. The summed E-state index contributed by atoms with van der Waals surface area (Å²) in [5.41, 5.74) is 0.510. The SMILES string of the molecule is C=CCc1cc(S(F)(F)(F)(F)F)ccc1C=C. The van der Waals surface area contributed by atoms with E-state index in [2.05, 4.69) is 13.2 Å². The van der Waals surface area contributed by atoms with E-state index in [1.54, 1.807) is 0 Å². The smallest absolute Gasteiger partial charge is 0.103 e. The molecule has 0 saturated carbocycles. The third-order valence-electron chi connectivity index (χ3n) is 2.14. The number of benzene rings is 1. The maximum absolute atomic E-state index is 12.6. The fourth-order valence-electron chi connectivity index (χ4n) is 1.35. The van der Waals surface area contributed by atoms with E-state index in [-0.39, 0.29) is 12.0 Å². The molecule has 0 unspecified atom stereocenters. The van der Waals surface area contributed by atoms with Gasteiger partial charge in [-0.15, -0.1) is 6.58 Å².